The molecule has 0 fully saturated rings. The number of aliphatic hydroxyl groups is 1. The van der Waals surface area contributed by atoms with Crippen molar-refractivity contribution in [3.63, 3.8) is 0 Å². The molecule has 16 heavy (non-hydrogen) atoms. The highest BCUT2D eigenvalue weighted by Crippen LogP contribution is 2.32. The van der Waals surface area contributed by atoms with Gasteiger partial charge in [-0.3, -0.25) is 0 Å². The molecule has 2 aromatic rings. The van der Waals surface area contributed by atoms with Gasteiger partial charge in [0.05, 0.1) is 0 Å². The molecular weight excluding hydrogens is 404 g/mol. The van der Waals surface area contributed by atoms with Crippen molar-refractivity contribution in [1.29, 1.82) is 0 Å². The van der Waals surface area contributed by atoms with Crippen LogP contribution in [-0.4, -0.2) is 5.11 Å². The molecule has 1 heterocycles. The quantitative estimate of drug-likeness (QED) is 0.781. The van der Waals surface area contributed by atoms with Gasteiger partial charge >= 0.3 is 0 Å². The van der Waals surface area contributed by atoms with Crippen molar-refractivity contribution in [2.24, 2.45) is 0 Å². The van der Waals surface area contributed by atoms with Crippen LogP contribution in [0.5, 0.6) is 0 Å². The van der Waals surface area contributed by atoms with Gasteiger partial charge in [-0.2, -0.15) is 0 Å². The summed E-state index contributed by atoms with van der Waals surface area (Å²) in [5.41, 5.74) is 0.760. The lowest BCUT2D eigenvalue weighted by Gasteiger charge is -2.10. The summed E-state index contributed by atoms with van der Waals surface area (Å²) in [4.78, 5) is 0. The molecule has 0 aliphatic rings. The van der Waals surface area contributed by atoms with Crippen molar-refractivity contribution in [3.05, 3.63) is 55.3 Å². The largest absolute Gasteiger partial charge is 0.451 e. The van der Waals surface area contributed by atoms with Crippen molar-refractivity contribution < 1.29 is 9.52 Å². The molecule has 0 amide bonds. The third-order valence-electron chi connectivity index (χ3n) is 2.12. The molecule has 1 aromatic carbocycles. The fraction of sp³-hybridized carbons (Fsp3) is 0.0909. The number of rotatable bonds is 2. The zero-order valence-corrected chi connectivity index (χ0v) is 12.7. The van der Waals surface area contributed by atoms with Crippen LogP contribution in [-0.2, 0) is 0 Å². The van der Waals surface area contributed by atoms with Gasteiger partial charge in [-0.15, -0.1) is 0 Å². The van der Waals surface area contributed by atoms with Gasteiger partial charge in [0.1, 0.15) is 11.9 Å². The summed E-state index contributed by atoms with van der Waals surface area (Å²) in [6, 6.07) is 9.12. The molecule has 0 aliphatic heterocycles. The molecule has 0 spiro atoms. The van der Waals surface area contributed by atoms with E-state index >= 15 is 0 Å². The molecule has 1 atom stereocenters. The van der Waals surface area contributed by atoms with E-state index in [2.05, 4.69) is 47.8 Å². The minimum Gasteiger partial charge on any atom is -0.451 e. The highest BCUT2D eigenvalue weighted by Gasteiger charge is 2.17. The number of aliphatic hydroxyl groups excluding tert-OH is 1. The predicted molar refractivity (Wildman–Crippen MR) is 72.3 cm³/mol. The fourth-order valence-corrected chi connectivity index (χ4v) is 2.51. The van der Waals surface area contributed by atoms with Crippen molar-refractivity contribution in [2.75, 3.05) is 0 Å². The van der Waals surface area contributed by atoms with E-state index in [-0.39, 0.29) is 0 Å². The Morgan fingerprint density at radius 1 is 1.06 bits per heavy atom. The zero-order chi connectivity index (χ0) is 11.7. The Morgan fingerprint density at radius 3 is 2.44 bits per heavy atom. The first kappa shape index (κ1) is 12.4. The zero-order valence-electron chi connectivity index (χ0n) is 7.95. The Labute approximate surface area is 118 Å². The van der Waals surface area contributed by atoms with E-state index in [4.69, 9.17) is 4.42 Å². The second-order valence-corrected chi connectivity index (χ2v) is 5.76. The Kier molecular flexibility index (Phi) is 3.89. The molecule has 5 heteroatoms. The minimum absolute atomic E-state index is 0.505. The summed E-state index contributed by atoms with van der Waals surface area (Å²) >= 11 is 9.98. The van der Waals surface area contributed by atoms with E-state index in [1.165, 1.54) is 0 Å². The third-order valence-corrected chi connectivity index (χ3v) is 3.76. The van der Waals surface area contributed by atoms with Crippen molar-refractivity contribution in [1.82, 2.24) is 0 Å². The lowest BCUT2D eigenvalue weighted by molar-refractivity contribution is 0.187. The van der Waals surface area contributed by atoms with Crippen molar-refractivity contribution >= 4 is 47.8 Å². The normalized spacial score (nSPS) is 12.8. The summed E-state index contributed by atoms with van der Waals surface area (Å²) < 4.78 is 7.69. The lowest BCUT2D eigenvalue weighted by Crippen LogP contribution is -1.99. The summed E-state index contributed by atoms with van der Waals surface area (Å²) in [5.74, 6) is 0.505. The Hall–Kier alpha value is -0.100. The van der Waals surface area contributed by atoms with Gasteiger partial charge < -0.3 is 9.52 Å². The molecule has 2 rings (SSSR count). The number of hydrogen-bond acceptors (Lipinski definition) is 2. The van der Waals surface area contributed by atoms with Crippen LogP contribution in [0.1, 0.15) is 17.4 Å². The van der Waals surface area contributed by atoms with Crippen LogP contribution in [0.15, 0.2) is 48.4 Å². The first-order valence-corrected chi connectivity index (χ1v) is 6.84. The maximum atomic E-state index is 10.1. The second kappa shape index (κ2) is 5.04. The molecule has 0 saturated heterocycles. The van der Waals surface area contributed by atoms with Gasteiger partial charge in [-0.05, 0) is 46.3 Å². The molecule has 0 radical (unpaired) electrons. The van der Waals surface area contributed by atoms with Gasteiger partial charge in [-0.1, -0.05) is 31.9 Å². The summed E-state index contributed by atoms with van der Waals surface area (Å²) in [6.07, 6.45) is -0.779. The first-order chi connectivity index (χ1) is 7.58. The average Bonchev–Trinajstić information content (AvgIpc) is 2.67. The van der Waals surface area contributed by atoms with Crippen LogP contribution in [0, 0.1) is 0 Å². The van der Waals surface area contributed by atoms with Gasteiger partial charge in [0, 0.05) is 14.5 Å². The minimum atomic E-state index is -0.779. The highest BCUT2D eigenvalue weighted by molar-refractivity contribution is 9.11. The molecule has 2 nitrogen and oxygen atoms in total. The fourth-order valence-electron chi connectivity index (χ4n) is 1.35. The van der Waals surface area contributed by atoms with Crippen LogP contribution >= 0.6 is 47.8 Å². The topological polar surface area (TPSA) is 33.4 Å². The maximum absolute atomic E-state index is 10.1. The molecule has 0 saturated carbocycles. The summed E-state index contributed by atoms with van der Waals surface area (Å²) in [5, 5.41) is 10.1. The van der Waals surface area contributed by atoms with Crippen molar-refractivity contribution in [2.45, 2.75) is 6.10 Å². The average molecular weight is 411 g/mol. The van der Waals surface area contributed by atoms with Crippen LogP contribution in [0.4, 0.5) is 0 Å². The van der Waals surface area contributed by atoms with Crippen molar-refractivity contribution in [3.8, 4) is 0 Å². The van der Waals surface area contributed by atoms with Gasteiger partial charge in [-0.25, -0.2) is 0 Å². The maximum Gasteiger partial charge on any atom is 0.169 e. The first-order valence-electron chi connectivity index (χ1n) is 4.46. The van der Waals surface area contributed by atoms with E-state index in [1.54, 1.807) is 12.1 Å². The van der Waals surface area contributed by atoms with E-state index in [0.29, 0.717) is 10.4 Å². The summed E-state index contributed by atoms with van der Waals surface area (Å²) in [6.45, 7) is 0. The van der Waals surface area contributed by atoms with E-state index in [0.717, 1.165) is 14.5 Å². The van der Waals surface area contributed by atoms with Crippen LogP contribution in [0.3, 0.4) is 0 Å². The molecule has 0 aliphatic carbocycles. The Balaban J connectivity index is 2.40. The monoisotopic (exact) mass is 408 g/mol. The molecular formula is C11H7Br3O2. The molecule has 1 N–H and O–H groups in total. The number of benzene rings is 1. The molecule has 0 bridgehead atoms. The predicted octanol–water partition coefficient (Wildman–Crippen LogP) is 4.65. The number of hydrogen-bond donors (Lipinski definition) is 1. The lowest BCUT2D eigenvalue weighted by atomic mass is 10.1. The van der Waals surface area contributed by atoms with E-state index < -0.39 is 6.10 Å². The molecule has 84 valence electrons. The van der Waals surface area contributed by atoms with Gasteiger partial charge in [0.25, 0.3) is 0 Å². The standard InChI is InChI=1S/C11H7Br3O2/c12-6-1-2-8(13)7(5-6)11(15)9-3-4-10(14)16-9/h1-5,11,15H. The van der Waals surface area contributed by atoms with Crippen LogP contribution < -0.4 is 0 Å². The smallest absolute Gasteiger partial charge is 0.169 e. The summed E-state index contributed by atoms with van der Waals surface area (Å²) in [7, 11) is 0. The van der Waals surface area contributed by atoms with E-state index in [1.807, 2.05) is 18.2 Å². The van der Waals surface area contributed by atoms with Crippen LogP contribution in [0.25, 0.3) is 0 Å². The SMILES string of the molecule is OC(c1ccc(Br)o1)c1cc(Br)ccc1Br. The number of halogens is 3. The third kappa shape index (κ3) is 2.59. The molecule has 1 aromatic heterocycles. The van der Waals surface area contributed by atoms with Gasteiger partial charge in [0.15, 0.2) is 4.67 Å². The van der Waals surface area contributed by atoms with Gasteiger partial charge in [0.2, 0.25) is 0 Å². The Morgan fingerprint density at radius 2 is 1.81 bits per heavy atom. The highest BCUT2D eigenvalue weighted by atomic mass is 79.9. The van der Waals surface area contributed by atoms with E-state index in [9.17, 15) is 5.11 Å². The van der Waals surface area contributed by atoms with Crippen LogP contribution in [0.2, 0.25) is 0 Å². The number of furan rings is 1. The molecule has 1 unspecified atom stereocenters. The second-order valence-electron chi connectivity index (χ2n) is 3.21. The Bertz CT molecular complexity index is 508.